The molecule has 6 aliphatic rings. The van der Waals surface area contributed by atoms with Crippen LogP contribution in [0, 0.1) is 37.5 Å². The fraction of sp³-hybridized carbons (Fsp3) is 0.512. The molecule has 2 aromatic heterocycles. The summed E-state index contributed by atoms with van der Waals surface area (Å²) in [4.78, 5) is 53.9. The van der Waals surface area contributed by atoms with E-state index in [2.05, 4.69) is 62.6 Å². The minimum absolute atomic E-state index is 0.0243. The van der Waals surface area contributed by atoms with Crippen molar-refractivity contribution in [3.63, 3.8) is 0 Å². The maximum atomic E-state index is 14.6. The summed E-state index contributed by atoms with van der Waals surface area (Å²) >= 11 is 0. The number of ether oxygens (including phenoxy) is 2. The number of aliphatic carboxylic acids is 1. The van der Waals surface area contributed by atoms with Gasteiger partial charge in [-0.2, -0.15) is 9.13 Å². The number of aromatic nitrogens is 2. The molecule has 0 radical (unpaired) electrons. The molecule has 0 bridgehead atoms. The fourth-order valence-corrected chi connectivity index (χ4v) is 10.4. The zero-order chi connectivity index (χ0) is 37.8. The molecule has 12 heteroatoms. The average Bonchev–Trinajstić information content (AvgIpc) is 3.78. The third kappa shape index (κ3) is 4.44. The Labute approximate surface area is 308 Å². The molecule has 12 nitrogen and oxygen atoms in total. The Hall–Kier alpha value is -4.84. The Kier molecular flexibility index (Phi) is 8.21. The second-order valence-electron chi connectivity index (χ2n) is 15.3. The molecular formula is C41H49N5O7+2. The predicted molar refractivity (Wildman–Crippen MR) is 198 cm³/mol. The lowest BCUT2D eigenvalue weighted by Crippen LogP contribution is -2.70. The summed E-state index contributed by atoms with van der Waals surface area (Å²) < 4.78 is 20.3. The van der Waals surface area contributed by atoms with Gasteiger partial charge in [0.25, 0.3) is 5.91 Å². The molecular weight excluding hydrogens is 674 g/mol. The molecule has 0 aliphatic carbocycles. The van der Waals surface area contributed by atoms with Gasteiger partial charge in [0.05, 0.1) is 77.0 Å². The van der Waals surface area contributed by atoms with Crippen molar-refractivity contribution in [3.8, 4) is 0 Å². The highest BCUT2D eigenvalue weighted by Gasteiger charge is 2.76. The Bertz CT molecular complexity index is 2330. The molecule has 0 saturated carbocycles. The van der Waals surface area contributed by atoms with Crippen LogP contribution in [0.4, 0.5) is 0 Å². The first-order chi connectivity index (χ1) is 25.4. The van der Waals surface area contributed by atoms with Crippen molar-refractivity contribution < 1.29 is 42.9 Å². The molecule has 2 N–H and O–H groups in total. The van der Waals surface area contributed by atoms with Crippen molar-refractivity contribution in [2.45, 2.75) is 86.5 Å². The Morgan fingerprint density at radius 3 is 2.28 bits per heavy atom. The zero-order valence-corrected chi connectivity index (χ0v) is 31.9. The summed E-state index contributed by atoms with van der Waals surface area (Å²) in [6, 6.07) is 0. The van der Waals surface area contributed by atoms with Crippen LogP contribution >= 0.6 is 0 Å². The van der Waals surface area contributed by atoms with Gasteiger partial charge in [-0.05, 0) is 51.2 Å². The SMILES string of the molecule is CCCOCCNC(=O)c1c(C)c2n3c1C(CC(=O)OC)=C1[C@@H](CCC(=O)O)[C@H](C)C4=[N+]1[C@@]31n3c(c(C)c(C(C)=O)c3=CC3=[N+]1C(=C2)[C@H](CC)[C@H]3C)=C4. The number of carbonyl (C=O) groups is 4. The van der Waals surface area contributed by atoms with Crippen LogP contribution in [0.2, 0.25) is 0 Å². The number of nitrogens with one attached hydrogen (secondary N) is 1. The van der Waals surface area contributed by atoms with Crippen molar-refractivity contribution in [1.82, 2.24) is 14.5 Å². The number of ketones is 1. The van der Waals surface area contributed by atoms with Crippen LogP contribution in [0.5, 0.6) is 0 Å². The number of amides is 1. The van der Waals surface area contributed by atoms with E-state index in [-0.39, 0.29) is 48.2 Å². The van der Waals surface area contributed by atoms with Crippen LogP contribution in [0.3, 0.4) is 0 Å². The van der Waals surface area contributed by atoms with E-state index < -0.39 is 17.8 Å². The average molecular weight is 724 g/mol. The number of methoxy groups -OCH3 is 1. The van der Waals surface area contributed by atoms with Gasteiger partial charge in [0.1, 0.15) is 0 Å². The first-order valence-corrected chi connectivity index (χ1v) is 19.0. The first kappa shape index (κ1) is 35.2. The van der Waals surface area contributed by atoms with Gasteiger partial charge in [-0.15, -0.1) is 0 Å². The van der Waals surface area contributed by atoms with Crippen molar-refractivity contribution in [2.24, 2.45) is 23.7 Å². The molecule has 53 heavy (non-hydrogen) atoms. The topological polar surface area (TPSA) is 135 Å². The van der Waals surface area contributed by atoms with Gasteiger partial charge in [-0.25, -0.2) is 0 Å². The van der Waals surface area contributed by atoms with Crippen molar-refractivity contribution in [2.75, 3.05) is 26.9 Å². The van der Waals surface area contributed by atoms with E-state index in [1.165, 1.54) is 7.11 Å². The quantitative estimate of drug-likeness (QED) is 0.140. The largest absolute Gasteiger partial charge is 0.552 e. The molecule has 0 saturated heterocycles. The Morgan fingerprint density at radius 1 is 0.925 bits per heavy atom. The number of hydrogen-bond acceptors (Lipinski definition) is 6. The Balaban J connectivity index is 1.55. The fourth-order valence-electron chi connectivity index (χ4n) is 10.4. The molecule has 1 spiro atoms. The van der Waals surface area contributed by atoms with Crippen LogP contribution in [-0.4, -0.2) is 85.3 Å². The number of rotatable bonds is 13. The van der Waals surface area contributed by atoms with Crippen molar-refractivity contribution >= 4 is 58.9 Å². The molecule has 278 valence electrons. The van der Waals surface area contributed by atoms with E-state index in [1.54, 1.807) is 6.92 Å². The molecule has 0 unspecified atom stereocenters. The minimum atomic E-state index is -1.15. The van der Waals surface area contributed by atoms with E-state index in [1.807, 2.05) is 20.8 Å². The summed E-state index contributed by atoms with van der Waals surface area (Å²) in [5.74, 6) is -2.96. The molecule has 2 aromatic rings. The van der Waals surface area contributed by atoms with Crippen LogP contribution in [-0.2, 0) is 25.0 Å². The predicted octanol–water partition coefficient (Wildman–Crippen LogP) is 3.33. The third-order valence-corrected chi connectivity index (χ3v) is 12.6. The van der Waals surface area contributed by atoms with E-state index in [0.29, 0.717) is 48.6 Å². The molecule has 6 aliphatic heterocycles. The highest BCUT2D eigenvalue weighted by Crippen LogP contribution is 2.56. The second kappa shape index (κ2) is 12.4. The van der Waals surface area contributed by atoms with Gasteiger partial charge >= 0.3 is 17.8 Å². The van der Waals surface area contributed by atoms with E-state index in [4.69, 9.17) is 9.47 Å². The number of nitrogens with zero attached hydrogens (tertiary/aromatic N) is 4. The van der Waals surface area contributed by atoms with Crippen molar-refractivity contribution in [3.05, 3.63) is 55.7 Å². The highest BCUT2D eigenvalue weighted by molar-refractivity contribution is 6.14. The molecule has 1 amide bonds. The lowest BCUT2D eigenvalue weighted by molar-refractivity contribution is -0.838. The van der Waals surface area contributed by atoms with Crippen LogP contribution < -0.4 is 16.0 Å². The number of esters is 1. The van der Waals surface area contributed by atoms with Gasteiger partial charge in [0.2, 0.25) is 5.70 Å². The Morgan fingerprint density at radius 2 is 1.62 bits per heavy atom. The number of hydrogen-bond donors (Lipinski definition) is 2. The lowest BCUT2D eigenvalue weighted by Gasteiger charge is -2.39. The molecule has 8 rings (SSSR count). The number of allylic oxidation sites excluding steroid dienone is 2. The minimum Gasteiger partial charge on any atom is -0.481 e. The summed E-state index contributed by atoms with van der Waals surface area (Å²) in [7, 11) is 1.36. The molecule has 0 fully saturated rings. The van der Waals surface area contributed by atoms with Gasteiger partial charge < -0.3 is 19.9 Å². The van der Waals surface area contributed by atoms with Gasteiger partial charge in [0, 0.05) is 43.4 Å². The summed E-state index contributed by atoms with van der Waals surface area (Å²) in [6.45, 7) is 15.5. The van der Waals surface area contributed by atoms with E-state index >= 15 is 0 Å². The molecule has 0 aromatic carbocycles. The molecule has 5 atom stereocenters. The normalized spacial score (nSPS) is 25.2. The third-order valence-electron chi connectivity index (χ3n) is 12.6. The standard InChI is InChI=1S/C41H47N5O7/c1-9-14-53-15-13-42-40(51)37-23(6)31-18-32-25(10-2)20(3)28-19-33-36(24(7)47)22(5)30-17-29-21(4)26(11-12-34(48)49)38-27(16-35(50)52-8)39(37)46(31)41(43(28)32,44(30)33)45(29)38/h17-21,25-26H,9-16H2,1-8H3/p+2/t20-,21+,25-,26+,41-/m1/s1. The first-order valence-electron chi connectivity index (χ1n) is 19.0. The van der Waals surface area contributed by atoms with Crippen LogP contribution in [0.25, 0.3) is 23.8 Å². The molecule has 8 heterocycles. The summed E-state index contributed by atoms with van der Waals surface area (Å²) in [5.41, 5.74) is 8.98. The smallest absolute Gasteiger partial charge is 0.481 e. The maximum absolute atomic E-state index is 14.6. The van der Waals surface area contributed by atoms with Crippen molar-refractivity contribution in [1.29, 1.82) is 0 Å². The van der Waals surface area contributed by atoms with Gasteiger partial charge in [-0.1, -0.05) is 36.8 Å². The van der Waals surface area contributed by atoms with E-state index in [0.717, 1.165) is 63.2 Å². The van der Waals surface area contributed by atoms with E-state index in [9.17, 15) is 24.3 Å². The highest BCUT2D eigenvalue weighted by atomic mass is 16.5. The van der Waals surface area contributed by atoms with Crippen LogP contribution in [0.15, 0.2) is 11.4 Å². The second-order valence-corrected chi connectivity index (χ2v) is 15.3. The number of carboxylic acid groups (broad SMARTS) is 1. The lowest BCUT2D eigenvalue weighted by atomic mass is 9.83. The van der Waals surface area contributed by atoms with Gasteiger partial charge in [0.15, 0.2) is 22.9 Å². The van der Waals surface area contributed by atoms with Gasteiger partial charge in [-0.3, -0.25) is 19.2 Å². The summed E-state index contributed by atoms with van der Waals surface area (Å²) in [5, 5.41) is 14.8. The number of carbonyl (C=O) groups excluding carboxylic acids is 3. The number of carboxylic acids is 1. The number of Topliss-reactive ketones (excluding diaryl/α,β-unsaturated/α-hetero) is 1. The van der Waals surface area contributed by atoms with Crippen LogP contribution in [0.1, 0.15) is 110 Å². The summed E-state index contributed by atoms with van der Waals surface area (Å²) in [6.07, 6.45) is 8.49. The zero-order valence-electron chi connectivity index (χ0n) is 31.9. The maximum Gasteiger partial charge on any atom is 0.552 e. The monoisotopic (exact) mass is 723 g/mol.